The van der Waals surface area contributed by atoms with Crippen molar-refractivity contribution in [3.63, 3.8) is 0 Å². The molecule has 0 heterocycles. The zero-order valence-electron chi connectivity index (χ0n) is 20.0. The summed E-state index contributed by atoms with van der Waals surface area (Å²) >= 11 is 0. The van der Waals surface area contributed by atoms with E-state index in [-0.39, 0.29) is 5.75 Å². The van der Waals surface area contributed by atoms with Crippen LogP contribution >= 0.6 is 0 Å². The van der Waals surface area contributed by atoms with Crippen LogP contribution in [0.4, 0.5) is 11.4 Å². The lowest BCUT2D eigenvalue weighted by atomic mass is 9.85. The molecule has 4 aromatic rings. The molecule has 0 aromatic heterocycles. The van der Waals surface area contributed by atoms with Crippen molar-refractivity contribution in [2.24, 2.45) is 15.3 Å². The Bertz CT molecular complexity index is 1380. The Morgan fingerprint density at radius 1 is 0.778 bits per heavy atom. The van der Waals surface area contributed by atoms with Crippen molar-refractivity contribution in [2.45, 2.75) is 19.4 Å². The van der Waals surface area contributed by atoms with Gasteiger partial charge in [-0.05, 0) is 66.4 Å². The third kappa shape index (κ3) is 5.37. The van der Waals surface area contributed by atoms with E-state index in [0.29, 0.717) is 22.4 Å². The van der Waals surface area contributed by atoms with E-state index >= 15 is 0 Å². The molecule has 0 aliphatic carbocycles. The summed E-state index contributed by atoms with van der Waals surface area (Å²) in [5, 5.41) is 34.2. The lowest BCUT2D eigenvalue weighted by molar-refractivity contribution is -0.136. The molecule has 0 aliphatic rings. The van der Waals surface area contributed by atoms with Crippen LogP contribution in [0, 0.1) is 13.8 Å². The Kier molecular flexibility index (Phi) is 7.32. The lowest BCUT2D eigenvalue weighted by Crippen LogP contribution is -2.43. The molecule has 7 nitrogen and oxygen atoms in total. The molecule has 0 spiro atoms. The molecule has 180 valence electrons. The number of azo groups is 1. The Balaban J connectivity index is 1.54. The minimum atomic E-state index is -1.95. The Hall–Kier alpha value is -4.62. The first-order valence-electron chi connectivity index (χ1n) is 11.4. The summed E-state index contributed by atoms with van der Waals surface area (Å²) in [6, 6.07) is 27.8. The number of aryl methyl sites for hydroxylation is 2. The fraction of sp³-hybridized carbons (Fsp3) is 0.103. The van der Waals surface area contributed by atoms with Gasteiger partial charge in [-0.1, -0.05) is 66.7 Å². The second-order valence-corrected chi connectivity index (χ2v) is 8.35. The monoisotopic (exact) mass is 478 g/mol. The predicted octanol–water partition coefficient (Wildman–Crippen LogP) is 5.81. The molecule has 0 fully saturated rings. The first-order valence-corrected chi connectivity index (χ1v) is 11.4. The number of benzene rings is 4. The summed E-state index contributed by atoms with van der Waals surface area (Å²) in [6.45, 7) is 4.04. The van der Waals surface area contributed by atoms with Crippen molar-refractivity contribution in [1.82, 2.24) is 5.43 Å². The minimum absolute atomic E-state index is 0.0421. The standard InChI is InChI=1S/C29H26N4O3/c1-20-13-14-25(17-21(20)2)31-32-26-15-16-27(34)22(18-26)19-30-33-28(35)29(36,23-9-5-3-6-10-23)24-11-7-4-8-12-24/h3-19,34,36H,1-2H3,(H,33,35). The van der Waals surface area contributed by atoms with Gasteiger partial charge in [0.25, 0.3) is 5.91 Å². The molecule has 36 heavy (non-hydrogen) atoms. The maximum absolute atomic E-state index is 13.1. The molecule has 4 aromatic carbocycles. The molecule has 7 heteroatoms. The van der Waals surface area contributed by atoms with Crippen LogP contribution in [-0.4, -0.2) is 22.3 Å². The van der Waals surface area contributed by atoms with Crippen LogP contribution < -0.4 is 5.43 Å². The van der Waals surface area contributed by atoms with Crippen LogP contribution in [0.5, 0.6) is 5.75 Å². The summed E-state index contributed by atoms with van der Waals surface area (Å²) in [5.74, 6) is -0.777. The number of hydrazone groups is 1. The van der Waals surface area contributed by atoms with Gasteiger partial charge in [0.05, 0.1) is 17.6 Å². The van der Waals surface area contributed by atoms with Crippen LogP contribution in [0.1, 0.15) is 27.8 Å². The van der Waals surface area contributed by atoms with Crippen LogP contribution in [0.3, 0.4) is 0 Å². The molecule has 0 radical (unpaired) electrons. The molecule has 0 unspecified atom stereocenters. The average Bonchev–Trinajstić information content (AvgIpc) is 2.91. The average molecular weight is 479 g/mol. The highest BCUT2D eigenvalue weighted by Crippen LogP contribution is 2.30. The zero-order valence-corrected chi connectivity index (χ0v) is 20.0. The number of nitrogens with zero attached hydrogens (tertiary/aromatic N) is 3. The predicted molar refractivity (Wildman–Crippen MR) is 140 cm³/mol. The van der Waals surface area contributed by atoms with Crippen molar-refractivity contribution in [3.05, 3.63) is 125 Å². The number of carbonyl (C=O) groups is 1. The smallest absolute Gasteiger partial charge is 0.281 e. The number of amides is 1. The van der Waals surface area contributed by atoms with Crippen molar-refractivity contribution in [1.29, 1.82) is 0 Å². The summed E-state index contributed by atoms with van der Waals surface area (Å²) in [5.41, 5.74) is 5.09. The fourth-order valence-electron chi connectivity index (χ4n) is 3.64. The van der Waals surface area contributed by atoms with Crippen LogP contribution in [0.2, 0.25) is 0 Å². The van der Waals surface area contributed by atoms with E-state index in [4.69, 9.17) is 0 Å². The Morgan fingerprint density at radius 3 is 1.92 bits per heavy atom. The number of hydrogen-bond acceptors (Lipinski definition) is 6. The lowest BCUT2D eigenvalue weighted by Gasteiger charge is -2.27. The number of phenols is 1. The van der Waals surface area contributed by atoms with Crippen molar-refractivity contribution in [2.75, 3.05) is 0 Å². The van der Waals surface area contributed by atoms with Crippen LogP contribution in [0.25, 0.3) is 0 Å². The van der Waals surface area contributed by atoms with Gasteiger partial charge in [-0.2, -0.15) is 15.3 Å². The number of aromatic hydroxyl groups is 1. The summed E-state index contributed by atoms with van der Waals surface area (Å²) in [7, 11) is 0. The number of nitrogens with one attached hydrogen (secondary N) is 1. The largest absolute Gasteiger partial charge is 0.507 e. The van der Waals surface area contributed by atoms with Gasteiger partial charge in [0.15, 0.2) is 5.60 Å². The Labute approximate surface area is 209 Å². The van der Waals surface area contributed by atoms with Gasteiger partial charge in [0, 0.05) is 5.56 Å². The Morgan fingerprint density at radius 2 is 1.33 bits per heavy atom. The highest BCUT2D eigenvalue weighted by Gasteiger charge is 2.39. The van der Waals surface area contributed by atoms with E-state index in [1.807, 2.05) is 32.0 Å². The van der Waals surface area contributed by atoms with E-state index < -0.39 is 11.5 Å². The summed E-state index contributed by atoms with van der Waals surface area (Å²) in [4.78, 5) is 13.1. The number of aliphatic hydroxyl groups is 1. The third-order valence-corrected chi connectivity index (χ3v) is 5.86. The van der Waals surface area contributed by atoms with Crippen molar-refractivity contribution >= 4 is 23.5 Å². The molecular weight excluding hydrogens is 452 g/mol. The van der Waals surface area contributed by atoms with E-state index in [0.717, 1.165) is 11.3 Å². The third-order valence-electron chi connectivity index (χ3n) is 5.86. The number of phenolic OH excluding ortho intramolecular Hbond substituents is 1. The fourth-order valence-corrected chi connectivity index (χ4v) is 3.64. The molecular formula is C29H26N4O3. The quantitative estimate of drug-likeness (QED) is 0.177. The first-order chi connectivity index (χ1) is 17.4. The molecule has 0 saturated heterocycles. The van der Waals surface area contributed by atoms with Gasteiger partial charge in [0.2, 0.25) is 0 Å². The molecule has 3 N–H and O–H groups in total. The van der Waals surface area contributed by atoms with Gasteiger partial charge in [0.1, 0.15) is 5.75 Å². The van der Waals surface area contributed by atoms with E-state index in [1.165, 1.54) is 17.8 Å². The molecule has 0 saturated carbocycles. The highest BCUT2D eigenvalue weighted by atomic mass is 16.3. The number of carbonyl (C=O) groups excluding carboxylic acids is 1. The van der Waals surface area contributed by atoms with Gasteiger partial charge < -0.3 is 10.2 Å². The second kappa shape index (κ2) is 10.8. The van der Waals surface area contributed by atoms with Gasteiger partial charge in [-0.15, -0.1) is 0 Å². The van der Waals surface area contributed by atoms with Crippen LogP contribution in [0.15, 0.2) is 112 Å². The molecule has 0 atom stereocenters. The SMILES string of the molecule is Cc1ccc(N=Nc2ccc(O)c(C=NNC(=O)C(O)(c3ccccc3)c3ccccc3)c2)cc1C. The van der Waals surface area contributed by atoms with Gasteiger partial charge in [-0.25, -0.2) is 5.43 Å². The second-order valence-electron chi connectivity index (χ2n) is 8.35. The molecule has 0 bridgehead atoms. The summed E-state index contributed by atoms with van der Waals surface area (Å²) in [6.07, 6.45) is 1.29. The van der Waals surface area contributed by atoms with Crippen LogP contribution in [-0.2, 0) is 10.4 Å². The number of hydrogen-bond donors (Lipinski definition) is 3. The van der Waals surface area contributed by atoms with Gasteiger partial charge >= 0.3 is 0 Å². The van der Waals surface area contributed by atoms with Gasteiger partial charge in [-0.3, -0.25) is 4.79 Å². The maximum Gasteiger partial charge on any atom is 0.281 e. The molecule has 0 aliphatic heterocycles. The zero-order chi connectivity index (χ0) is 25.5. The topological polar surface area (TPSA) is 107 Å². The van der Waals surface area contributed by atoms with Crippen molar-refractivity contribution < 1.29 is 15.0 Å². The normalized spacial score (nSPS) is 11.8. The van der Waals surface area contributed by atoms with Crippen molar-refractivity contribution in [3.8, 4) is 5.75 Å². The van der Waals surface area contributed by atoms with E-state index in [2.05, 4.69) is 20.8 Å². The first kappa shape index (κ1) is 24.5. The minimum Gasteiger partial charge on any atom is -0.507 e. The van der Waals surface area contributed by atoms with E-state index in [1.54, 1.807) is 72.8 Å². The molecule has 1 amide bonds. The highest BCUT2D eigenvalue weighted by molar-refractivity contribution is 5.91. The maximum atomic E-state index is 13.1. The molecule has 4 rings (SSSR count). The number of rotatable bonds is 7. The van der Waals surface area contributed by atoms with E-state index in [9.17, 15) is 15.0 Å². The summed E-state index contributed by atoms with van der Waals surface area (Å²) < 4.78 is 0.